The van der Waals surface area contributed by atoms with Gasteiger partial charge in [-0.05, 0) is 20.8 Å². The standard InChI is InChI=1S/C12H17ClN2O2/c1-7(2)10-14-6-8(13)9(15-10)11(16)17-12(3,4)5/h6-7H,1-5H3. The summed E-state index contributed by atoms with van der Waals surface area (Å²) in [5, 5.41) is 0.212. The molecule has 1 aromatic heterocycles. The number of carbonyl (C=O) groups excluding carboxylic acids is 1. The van der Waals surface area contributed by atoms with Crippen LogP contribution in [0.1, 0.15) is 56.8 Å². The van der Waals surface area contributed by atoms with Crippen LogP contribution in [0, 0.1) is 0 Å². The van der Waals surface area contributed by atoms with Gasteiger partial charge in [0.1, 0.15) is 11.4 Å². The van der Waals surface area contributed by atoms with E-state index >= 15 is 0 Å². The van der Waals surface area contributed by atoms with Gasteiger partial charge in [0.05, 0.1) is 11.2 Å². The second-order valence-corrected chi connectivity index (χ2v) is 5.49. The van der Waals surface area contributed by atoms with Crippen molar-refractivity contribution < 1.29 is 9.53 Å². The van der Waals surface area contributed by atoms with Crippen LogP contribution in [0.25, 0.3) is 0 Å². The van der Waals surface area contributed by atoms with Gasteiger partial charge in [-0.2, -0.15) is 0 Å². The highest BCUT2D eigenvalue weighted by molar-refractivity contribution is 6.33. The highest BCUT2D eigenvalue weighted by atomic mass is 35.5. The minimum absolute atomic E-state index is 0.125. The molecule has 0 atom stereocenters. The number of halogens is 1. The Hall–Kier alpha value is -1.16. The Labute approximate surface area is 106 Å². The summed E-state index contributed by atoms with van der Waals surface area (Å²) in [5.41, 5.74) is -0.441. The van der Waals surface area contributed by atoms with E-state index in [1.54, 1.807) is 20.8 Å². The van der Waals surface area contributed by atoms with Crippen molar-refractivity contribution in [1.82, 2.24) is 9.97 Å². The van der Waals surface area contributed by atoms with Gasteiger partial charge < -0.3 is 4.74 Å². The fourth-order valence-electron chi connectivity index (χ4n) is 1.13. The van der Waals surface area contributed by atoms with Crippen molar-refractivity contribution in [2.45, 2.75) is 46.1 Å². The predicted octanol–water partition coefficient (Wildman–Crippen LogP) is 3.21. The number of rotatable bonds is 2. The van der Waals surface area contributed by atoms with Crippen molar-refractivity contribution in [2.75, 3.05) is 0 Å². The summed E-state index contributed by atoms with van der Waals surface area (Å²) in [5.74, 6) is 0.190. The molecule has 1 heterocycles. The quantitative estimate of drug-likeness (QED) is 0.763. The van der Waals surface area contributed by atoms with E-state index in [0.717, 1.165) is 0 Å². The lowest BCUT2D eigenvalue weighted by atomic mass is 10.2. The van der Waals surface area contributed by atoms with Crippen LogP contribution in [0.15, 0.2) is 6.20 Å². The number of hydrogen-bond donors (Lipinski definition) is 0. The zero-order valence-electron chi connectivity index (χ0n) is 10.7. The highest BCUT2D eigenvalue weighted by Crippen LogP contribution is 2.19. The number of ether oxygens (including phenoxy) is 1. The first-order chi connectivity index (χ1) is 7.70. The third kappa shape index (κ3) is 3.97. The fourth-order valence-corrected chi connectivity index (χ4v) is 1.30. The summed E-state index contributed by atoms with van der Waals surface area (Å²) < 4.78 is 5.23. The topological polar surface area (TPSA) is 52.1 Å². The molecule has 17 heavy (non-hydrogen) atoms. The molecular formula is C12H17ClN2O2. The normalized spacial score (nSPS) is 11.7. The highest BCUT2D eigenvalue weighted by Gasteiger charge is 2.22. The van der Waals surface area contributed by atoms with Crippen molar-refractivity contribution in [1.29, 1.82) is 0 Å². The molecule has 0 bridgehead atoms. The molecule has 0 N–H and O–H groups in total. The number of esters is 1. The molecule has 0 fully saturated rings. The van der Waals surface area contributed by atoms with E-state index in [1.807, 2.05) is 13.8 Å². The summed E-state index contributed by atoms with van der Waals surface area (Å²) in [6.07, 6.45) is 1.43. The summed E-state index contributed by atoms with van der Waals surface area (Å²) in [6, 6.07) is 0. The molecule has 0 unspecified atom stereocenters. The van der Waals surface area contributed by atoms with E-state index in [4.69, 9.17) is 16.3 Å². The van der Waals surface area contributed by atoms with E-state index in [2.05, 4.69) is 9.97 Å². The Kier molecular flexibility index (Phi) is 4.09. The van der Waals surface area contributed by atoms with Gasteiger partial charge in [-0.25, -0.2) is 14.8 Å². The van der Waals surface area contributed by atoms with Crippen LogP contribution in [0.2, 0.25) is 5.02 Å². The van der Waals surface area contributed by atoms with Crippen LogP contribution in [0.4, 0.5) is 0 Å². The van der Waals surface area contributed by atoms with Crippen molar-refractivity contribution >= 4 is 17.6 Å². The second-order valence-electron chi connectivity index (χ2n) is 5.08. The van der Waals surface area contributed by atoms with Crippen molar-refractivity contribution in [3.8, 4) is 0 Å². The minimum atomic E-state index is -0.566. The summed E-state index contributed by atoms with van der Waals surface area (Å²) in [6.45, 7) is 9.28. The molecule has 0 aromatic carbocycles. The van der Waals surface area contributed by atoms with Crippen molar-refractivity contribution in [3.05, 3.63) is 22.7 Å². The van der Waals surface area contributed by atoms with Gasteiger partial charge in [0.2, 0.25) is 0 Å². The van der Waals surface area contributed by atoms with Gasteiger partial charge in [-0.1, -0.05) is 25.4 Å². The molecule has 0 aliphatic carbocycles. The summed E-state index contributed by atoms with van der Waals surface area (Å²) in [4.78, 5) is 20.1. The zero-order chi connectivity index (χ0) is 13.2. The molecule has 0 radical (unpaired) electrons. The van der Waals surface area contributed by atoms with E-state index in [-0.39, 0.29) is 16.6 Å². The number of nitrogens with zero attached hydrogens (tertiary/aromatic N) is 2. The summed E-state index contributed by atoms with van der Waals surface area (Å²) in [7, 11) is 0. The Morgan fingerprint density at radius 3 is 2.47 bits per heavy atom. The second kappa shape index (κ2) is 5.00. The molecule has 5 heteroatoms. The number of carbonyl (C=O) groups is 1. The van der Waals surface area contributed by atoms with E-state index in [9.17, 15) is 4.79 Å². The lowest BCUT2D eigenvalue weighted by molar-refractivity contribution is 0.00625. The number of aromatic nitrogens is 2. The predicted molar refractivity (Wildman–Crippen MR) is 66.3 cm³/mol. The minimum Gasteiger partial charge on any atom is -0.455 e. The zero-order valence-corrected chi connectivity index (χ0v) is 11.5. The third-order valence-electron chi connectivity index (χ3n) is 1.87. The van der Waals surface area contributed by atoms with Gasteiger partial charge in [-0.15, -0.1) is 0 Å². The number of hydrogen-bond acceptors (Lipinski definition) is 4. The monoisotopic (exact) mass is 256 g/mol. The third-order valence-corrected chi connectivity index (χ3v) is 2.15. The Morgan fingerprint density at radius 2 is 2.00 bits per heavy atom. The molecular weight excluding hydrogens is 240 g/mol. The lowest BCUT2D eigenvalue weighted by Crippen LogP contribution is -2.25. The smallest absolute Gasteiger partial charge is 0.359 e. The average molecular weight is 257 g/mol. The van der Waals surface area contributed by atoms with Crippen LogP contribution in [0.3, 0.4) is 0 Å². The molecule has 0 saturated carbocycles. The Bertz CT molecular complexity index is 425. The van der Waals surface area contributed by atoms with Crippen LogP contribution in [0.5, 0.6) is 0 Å². The molecule has 0 aliphatic rings. The maximum atomic E-state index is 11.9. The van der Waals surface area contributed by atoms with Crippen molar-refractivity contribution in [3.63, 3.8) is 0 Å². The van der Waals surface area contributed by atoms with Gasteiger partial charge in [0, 0.05) is 5.92 Å². The summed E-state index contributed by atoms with van der Waals surface area (Å²) >= 11 is 5.90. The lowest BCUT2D eigenvalue weighted by Gasteiger charge is -2.19. The van der Waals surface area contributed by atoms with Crippen LogP contribution in [-0.2, 0) is 4.74 Å². The first-order valence-corrected chi connectivity index (χ1v) is 5.84. The van der Waals surface area contributed by atoms with Crippen molar-refractivity contribution in [2.24, 2.45) is 0 Å². The van der Waals surface area contributed by atoms with Crippen LogP contribution >= 0.6 is 11.6 Å². The average Bonchev–Trinajstić information content (AvgIpc) is 2.14. The SMILES string of the molecule is CC(C)c1ncc(Cl)c(C(=O)OC(C)(C)C)n1. The molecule has 0 saturated heterocycles. The molecule has 4 nitrogen and oxygen atoms in total. The maximum absolute atomic E-state index is 11.9. The molecule has 0 amide bonds. The van der Waals surface area contributed by atoms with Gasteiger partial charge in [0.15, 0.2) is 5.69 Å². The van der Waals surface area contributed by atoms with E-state index < -0.39 is 11.6 Å². The molecule has 1 rings (SSSR count). The Balaban J connectivity index is 3.04. The van der Waals surface area contributed by atoms with Gasteiger partial charge in [-0.3, -0.25) is 0 Å². The van der Waals surface area contributed by atoms with Crippen LogP contribution in [-0.4, -0.2) is 21.5 Å². The maximum Gasteiger partial charge on any atom is 0.359 e. The first kappa shape index (κ1) is 13.9. The molecule has 1 aromatic rings. The first-order valence-electron chi connectivity index (χ1n) is 5.46. The van der Waals surface area contributed by atoms with Gasteiger partial charge >= 0.3 is 5.97 Å². The molecule has 0 spiro atoms. The molecule has 94 valence electrons. The molecule has 0 aliphatic heterocycles. The Morgan fingerprint density at radius 1 is 1.41 bits per heavy atom. The van der Waals surface area contributed by atoms with E-state index in [1.165, 1.54) is 6.20 Å². The van der Waals surface area contributed by atoms with Crippen LogP contribution < -0.4 is 0 Å². The van der Waals surface area contributed by atoms with Gasteiger partial charge in [0.25, 0.3) is 0 Å². The fraction of sp³-hybridized carbons (Fsp3) is 0.583. The van der Waals surface area contributed by atoms with E-state index in [0.29, 0.717) is 5.82 Å². The largest absolute Gasteiger partial charge is 0.455 e.